The van der Waals surface area contributed by atoms with Crippen LogP contribution in [0.2, 0.25) is 0 Å². The number of rotatable bonds is 5. The van der Waals surface area contributed by atoms with Crippen LogP contribution in [0.15, 0.2) is 24.3 Å². The molecule has 1 aromatic carbocycles. The van der Waals surface area contributed by atoms with Gasteiger partial charge >= 0.3 is 0 Å². The van der Waals surface area contributed by atoms with E-state index in [-0.39, 0.29) is 0 Å². The van der Waals surface area contributed by atoms with Gasteiger partial charge in [0, 0.05) is 10.2 Å². The molecular formula is C12H20Si. The van der Waals surface area contributed by atoms with Gasteiger partial charge in [-0.3, -0.25) is 0 Å². The van der Waals surface area contributed by atoms with Gasteiger partial charge in [0.15, 0.2) is 0 Å². The summed E-state index contributed by atoms with van der Waals surface area (Å²) < 4.78 is 0. The van der Waals surface area contributed by atoms with Gasteiger partial charge in [0.1, 0.15) is 0 Å². The molecule has 0 bridgehead atoms. The van der Waals surface area contributed by atoms with Crippen molar-refractivity contribution in [2.24, 2.45) is 0 Å². The van der Waals surface area contributed by atoms with E-state index < -0.39 is 0 Å². The zero-order valence-electron chi connectivity index (χ0n) is 8.84. The van der Waals surface area contributed by atoms with Gasteiger partial charge < -0.3 is 0 Å². The van der Waals surface area contributed by atoms with E-state index in [1.54, 1.807) is 11.1 Å². The highest BCUT2D eigenvalue weighted by Gasteiger charge is 1.98. The van der Waals surface area contributed by atoms with Crippen LogP contribution in [0, 0.1) is 0 Å². The van der Waals surface area contributed by atoms with Gasteiger partial charge in [-0.15, -0.1) is 0 Å². The average Bonchev–Trinajstić information content (AvgIpc) is 2.19. The SMILES string of the molecule is CCCCCc1ccccc1C[SiH3]. The normalized spacial score (nSPS) is 10.5. The third-order valence-corrected chi connectivity index (χ3v) is 3.31. The molecule has 1 rings (SSSR count). The molecule has 0 unspecified atom stereocenters. The number of hydrogen-bond acceptors (Lipinski definition) is 0. The van der Waals surface area contributed by atoms with Crippen LogP contribution in [0.5, 0.6) is 0 Å². The van der Waals surface area contributed by atoms with E-state index in [0.717, 1.165) is 0 Å². The van der Waals surface area contributed by atoms with Crippen LogP contribution in [0.4, 0.5) is 0 Å². The lowest BCUT2D eigenvalue weighted by Crippen LogP contribution is -1.93. The lowest BCUT2D eigenvalue weighted by molar-refractivity contribution is 0.715. The summed E-state index contributed by atoms with van der Waals surface area (Å²) >= 11 is 0. The smallest absolute Gasteiger partial charge is 0.00834 e. The lowest BCUT2D eigenvalue weighted by Gasteiger charge is -2.06. The Bertz CT molecular complexity index is 243. The second-order valence-electron chi connectivity index (χ2n) is 3.58. The van der Waals surface area contributed by atoms with E-state index in [2.05, 4.69) is 31.2 Å². The van der Waals surface area contributed by atoms with E-state index in [1.807, 2.05) is 0 Å². The number of hydrogen-bond donors (Lipinski definition) is 0. The van der Waals surface area contributed by atoms with Gasteiger partial charge in [0.25, 0.3) is 0 Å². The van der Waals surface area contributed by atoms with Gasteiger partial charge in [-0.1, -0.05) is 44.0 Å². The number of unbranched alkanes of at least 4 members (excludes halogenated alkanes) is 2. The van der Waals surface area contributed by atoms with Gasteiger partial charge in [0.2, 0.25) is 0 Å². The van der Waals surface area contributed by atoms with Crippen molar-refractivity contribution in [1.29, 1.82) is 0 Å². The van der Waals surface area contributed by atoms with Crippen molar-refractivity contribution in [2.75, 3.05) is 0 Å². The summed E-state index contributed by atoms with van der Waals surface area (Å²) in [5, 5.41) is 0. The summed E-state index contributed by atoms with van der Waals surface area (Å²) in [6.45, 7) is 2.26. The zero-order chi connectivity index (χ0) is 9.52. The van der Waals surface area contributed by atoms with Gasteiger partial charge in [-0.25, -0.2) is 0 Å². The van der Waals surface area contributed by atoms with Crippen molar-refractivity contribution in [3.63, 3.8) is 0 Å². The topological polar surface area (TPSA) is 0 Å². The molecule has 0 radical (unpaired) electrons. The molecule has 1 heteroatoms. The maximum atomic E-state index is 2.29. The van der Waals surface area contributed by atoms with E-state index in [1.165, 1.54) is 42.0 Å². The van der Waals surface area contributed by atoms with Gasteiger partial charge in [0.05, 0.1) is 0 Å². The quantitative estimate of drug-likeness (QED) is 0.496. The molecule has 0 atom stereocenters. The molecule has 13 heavy (non-hydrogen) atoms. The first-order valence-corrected chi connectivity index (χ1v) is 6.86. The van der Waals surface area contributed by atoms with Crippen LogP contribution in [0.25, 0.3) is 0 Å². The van der Waals surface area contributed by atoms with Crippen molar-refractivity contribution in [3.8, 4) is 0 Å². The minimum absolute atomic E-state index is 1.28. The van der Waals surface area contributed by atoms with Crippen molar-refractivity contribution in [2.45, 2.75) is 38.7 Å². The first-order valence-electron chi connectivity index (χ1n) is 5.45. The molecular weight excluding hydrogens is 172 g/mol. The summed E-state index contributed by atoms with van der Waals surface area (Å²) in [7, 11) is 1.28. The van der Waals surface area contributed by atoms with Gasteiger partial charge in [-0.2, -0.15) is 0 Å². The summed E-state index contributed by atoms with van der Waals surface area (Å²) in [5.41, 5.74) is 3.18. The fourth-order valence-corrected chi connectivity index (χ4v) is 2.40. The molecule has 0 nitrogen and oxygen atoms in total. The molecule has 0 amide bonds. The Hall–Kier alpha value is -0.563. The fraction of sp³-hybridized carbons (Fsp3) is 0.500. The number of aryl methyl sites for hydroxylation is 1. The van der Waals surface area contributed by atoms with Crippen molar-refractivity contribution >= 4 is 10.2 Å². The highest BCUT2D eigenvalue weighted by molar-refractivity contribution is 6.08. The summed E-state index contributed by atoms with van der Waals surface area (Å²) in [4.78, 5) is 0. The Morgan fingerprint density at radius 3 is 2.38 bits per heavy atom. The van der Waals surface area contributed by atoms with Gasteiger partial charge in [-0.05, 0) is 30.0 Å². The van der Waals surface area contributed by atoms with Crippen LogP contribution in [-0.2, 0) is 12.5 Å². The summed E-state index contributed by atoms with van der Waals surface area (Å²) in [5.74, 6) is 0. The third-order valence-electron chi connectivity index (χ3n) is 2.55. The minimum Gasteiger partial charge on any atom is -0.0654 e. The Balaban J connectivity index is 2.54. The molecule has 0 aromatic heterocycles. The highest BCUT2D eigenvalue weighted by atomic mass is 28.1. The van der Waals surface area contributed by atoms with Crippen LogP contribution in [0.3, 0.4) is 0 Å². The molecule has 0 heterocycles. The molecule has 0 aliphatic heterocycles. The minimum atomic E-state index is 1.28. The number of benzene rings is 1. The molecule has 0 N–H and O–H groups in total. The van der Waals surface area contributed by atoms with E-state index in [9.17, 15) is 0 Å². The third kappa shape index (κ3) is 3.35. The maximum absolute atomic E-state index is 2.29. The molecule has 0 saturated carbocycles. The summed E-state index contributed by atoms with van der Waals surface area (Å²) in [6.07, 6.45) is 5.33. The predicted octanol–water partition coefficient (Wildman–Crippen LogP) is 2.28. The molecule has 1 aromatic rings. The van der Waals surface area contributed by atoms with E-state index in [0.29, 0.717) is 0 Å². The molecule has 0 aliphatic rings. The van der Waals surface area contributed by atoms with Crippen LogP contribution in [0.1, 0.15) is 37.3 Å². The standard InChI is InChI=1S/C12H20Si/c1-2-3-4-7-11-8-5-6-9-12(11)10-13/h5-6,8-9H,2-4,7,10H2,1,13H3. The van der Waals surface area contributed by atoms with E-state index in [4.69, 9.17) is 0 Å². The van der Waals surface area contributed by atoms with Crippen molar-refractivity contribution in [1.82, 2.24) is 0 Å². The Kier molecular flexibility index (Phi) is 4.84. The van der Waals surface area contributed by atoms with Crippen molar-refractivity contribution < 1.29 is 0 Å². The average molecular weight is 192 g/mol. The Morgan fingerprint density at radius 2 is 1.77 bits per heavy atom. The first kappa shape index (κ1) is 10.5. The van der Waals surface area contributed by atoms with Crippen LogP contribution < -0.4 is 0 Å². The zero-order valence-corrected chi connectivity index (χ0v) is 10.8. The maximum Gasteiger partial charge on any atom is 0.00834 e. The monoisotopic (exact) mass is 192 g/mol. The molecule has 0 fully saturated rings. The first-order chi connectivity index (χ1) is 6.38. The van der Waals surface area contributed by atoms with E-state index >= 15 is 0 Å². The molecule has 0 saturated heterocycles. The fourth-order valence-electron chi connectivity index (χ4n) is 1.71. The molecule has 0 spiro atoms. The summed E-state index contributed by atoms with van der Waals surface area (Å²) in [6, 6.07) is 10.2. The Labute approximate surface area is 84.8 Å². The van der Waals surface area contributed by atoms with Crippen molar-refractivity contribution in [3.05, 3.63) is 35.4 Å². The molecule has 72 valence electrons. The highest BCUT2D eigenvalue weighted by Crippen LogP contribution is 2.12. The van der Waals surface area contributed by atoms with Crippen LogP contribution >= 0.6 is 0 Å². The second-order valence-corrected chi connectivity index (χ2v) is 4.29. The second kappa shape index (κ2) is 5.98. The Morgan fingerprint density at radius 1 is 1.08 bits per heavy atom. The lowest BCUT2D eigenvalue weighted by atomic mass is 10.0. The predicted molar refractivity (Wildman–Crippen MR) is 63.3 cm³/mol. The largest absolute Gasteiger partial charge is 0.0654 e. The molecule has 0 aliphatic carbocycles. The van der Waals surface area contributed by atoms with Crippen LogP contribution in [-0.4, -0.2) is 10.2 Å².